The lowest BCUT2D eigenvalue weighted by molar-refractivity contribution is 0.669. The van der Waals surface area contributed by atoms with Gasteiger partial charge in [0.05, 0.1) is 11.4 Å². The van der Waals surface area contributed by atoms with Gasteiger partial charge in [0, 0.05) is 33.0 Å². The van der Waals surface area contributed by atoms with Crippen molar-refractivity contribution >= 4 is 50.2 Å². The van der Waals surface area contributed by atoms with Gasteiger partial charge in [0.2, 0.25) is 0 Å². The Kier molecular flexibility index (Phi) is 7.01. The van der Waals surface area contributed by atoms with Crippen LogP contribution in [-0.2, 0) is 0 Å². The fourth-order valence-corrected chi connectivity index (χ4v) is 7.36. The SMILES string of the molecule is N=C1C=Cc2ccc3cc(-c4nc(-c5cc(-c6ccccc6)cc(-c6ccccc6)c5)nc(-c5cccc6oc7ccccc7c56)n4)ccc3c2C1=N. The van der Waals surface area contributed by atoms with Crippen molar-refractivity contribution in [2.45, 2.75) is 0 Å². The number of furan rings is 1. The van der Waals surface area contributed by atoms with Gasteiger partial charge in [-0.05, 0) is 81.1 Å². The normalized spacial score (nSPS) is 12.5. The van der Waals surface area contributed by atoms with E-state index in [1.807, 2.05) is 72.8 Å². The van der Waals surface area contributed by atoms with Crippen molar-refractivity contribution < 1.29 is 4.42 Å². The Bertz CT molecular complexity index is 2920. The average Bonchev–Trinajstić information content (AvgIpc) is 3.61. The summed E-state index contributed by atoms with van der Waals surface area (Å²) in [4.78, 5) is 15.6. The summed E-state index contributed by atoms with van der Waals surface area (Å²) in [5, 5.41) is 20.8. The molecule has 6 heteroatoms. The summed E-state index contributed by atoms with van der Waals surface area (Å²) in [6, 6.07) is 51.5. The van der Waals surface area contributed by atoms with Gasteiger partial charge in [0.25, 0.3) is 0 Å². The minimum absolute atomic E-state index is 0.203. The summed E-state index contributed by atoms with van der Waals surface area (Å²) in [5.41, 5.74) is 10.6. The summed E-state index contributed by atoms with van der Waals surface area (Å²) in [6.45, 7) is 0. The number of allylic oxidation sites excluding steroid dienone is 1. The summed E-state index contributed by atoms with van der Waals surface area (Å²) in [5.74, 6) is 1.62. The zero-order chi connectivity index (χ0) is 35.5. The Morgan fingerprint density at radius 2 is 1.08 bits per heavy atom. The van der Waals surface area contributed by atoms with Gasteiger partial charge in [0.1, 0.15) is 11.2 Å². The van der Waals surface area contributed by atoms with Gasteiger partial charge < -0.3 is 4.42 Å². The molecule has 2 N–H and O–H groups in total. The minimum atomic E-state index is 0.203. The van der Waals surface area contributed by atoms with E-state index in [2.05, 4.69) is 84.9 Å². The smallest absolute Gasteiger partial charge is 0.164 e. The molecule has 1 aliphatic carbocycles. The fourth-order valence-electron chi connectivity index (χ4n) is 7.36. The molecule has 0 fully saturated rings. The summed E-state index contributed by atoms with van der Waals surface area (Å²) in [6.07, 6.45) is 3.58. The first kappa shape index (κ1) is 30.5. The number of nitrogens with one attached hydrogen (secondary N) is 2. The molecule has 1 aliphatic rings. The molecule has 2 heterocycles. The number of fused-ring (bicyclic) bond motifs is 6. The summed E-state index contributed by atoms with van der Waals surface area (Å²) >= 11 is 0. The van der Waals surface area contributed by atoms with Crippen LogP contribution in [0.3, 0.4) is 0 Å². The largest absolute Gasteiger partial charge is 0.456 e. The second-order valence-corrected chi connectivity index (χ2v) is 13.2. The van der Waals surface area contributed by atoms with Crippen LogP contribution in [-0.4, -0.2) is 26.4 Å². The molecule has 0 amide bonds. The number of benzene rings is 7. The van der Waals surface area contributed by atoms with Crippen LogP contribution in [0.2, 0.25) is 0 Å². The van der Waals surface area contributed by atoms with Gasteiger partial charge in [-0.15, -0.1) is 0 Å². The zero-order valence-corrected chi connectivity index (χ0v) is 28.3. The standard InChI is InChI=1S/C47H29N5O/c48-39-23-21-30-18-19-31-24-32(20-22-36(31)42(30)44(39)49)45-50-46(52-47(51-45)38-15-9-17-41-43(38)37-14-7-8-16-40(37)53-41)35-26-33(28-10-3-1-4-11-28)25-34(27-35)29-12-5-2-6-13-29/h1-27,48-49H. The average molecular weight is 680 g/mol. The summed E-state index contributed by atoms with van der Waals surface area (Å²) < 4.78 is 6.28. The van der Waals surface area contributed by atoms with Gasteiger partial charge in [-0.2, -0.15) is 0 Å². The quantitative estimate of drug-likeness (QED) is 0.189. The van der Waals surface area contributed by atoms with Crippen molar-refractivity contribution in [3.63, 3.8) is 0 Å². The maximum absolute atomic E-state index is 8.68. The Morgan fingerprint density at radius 3 is 1.83 bits per heavy atom. The first-order chi connectivity index (χ1) is 26.1. The van der Waals surface area contributed by atoms with Crippen LogP contribution in [0, 0.1) is 10.8 Å². The molecule has 0 radical (unpaired) electrons. The predicted molar refractivity (Wildman–Crippen MR) is 215 cm³/mol. The Balaban J connectivity index is 1.23. The maximum atomic E-state index is 8.68. The highest BCUT2D eigenvalue weighted by Crippen LogP contribution is 2.38. The monoisotopic (exact) mass is 679 g/mol. The van der Waals surface area contributed by atoms with Gasteiger partial charge >= 0.3 is 0 Å². The number of para-hydroxylation sites is 1. The molecule has 6 nitrogen and oxygen atoms in total. The topological polar surface area (TPSA) is 99.5 Å². The van der Waals surface area contributed by atoms with Crippen molar-refractivity contribution in [2.75, 3.05) is 0 Å². The van der Waals surface area contributed by atoms with E-state index in [1.165, 1.54) is 0 Å². The third-order valence-electron chi connectivity index (χ3n) is 9.94. The molecule has 0 saturated heterocycles. The third-order valence-corrected chi connectivity index (χ3v) is 9.94. The van der Waals surface area contributed by atoms with Crippen LogP contribution in [0.15, 0.2) is 162 Å². The first-order valence-electron chi connectivity index (χ1n) is 17.4. The number of rotatable bonds is 5. The molecule has 9 aromatic rings. The number of nitrogens with zero attached hydrogens (tertiary/aromatic N) is 3. The van der Waals surface area contributed by atoms with Crippen LogP contribution >= 0.6 is 0 Å². The van der Waals surface area contributed by atoms with E-state index in [1.54, 1.807) is 6.08 Å². The molecular formula is C47H29N5O. The Morgan fingerprint density at radius 1 is 0.434 bits per heavy atom. The zero-order valence-electron chi connectivity index (χ0n) is 28.3. The highest BCUT2D eigenvalue weighted by Gasteiger charge is 2.21. The molecule has 248 valence electrons. The highest BCUT2D eigenvalue weighted by atomic mass is 16.3. The molecule has 7 aromatic carbocycles. The molecular weight excluding hydrogens is 651 g/mol. The van der Waals surface area contributed by atoms with Crippen molar-refractivity contribution in [3.8, 4) is 56.4 Å². The van der Waals surface area contributed by atoms with E-state index in [9.17, 15) is 0 Å². The molecule has 0 unspecified atom stereocenters. The van der Waals surface area contributed by atoms with Gasteiger partial charge in [-0.1, -0.05) is 121 Å². The molecule has 53 heavy (non-hydrogen) atoms. The van der Waals surface area contributed by atoms with E-state index in [4.69, 9.17) is 30.2 Å². The first-order valence-corrected chi connectivity index (χ1v) is 17.4. The maximum Gasteiger partial charge on any atom is 0.164 e. The Hall–Kier alpha value is -7.31. The van der Waals surface area contributed by atoms with E-state index in [0.29, 0.717) is 17.5 Å². The van der Waals surface area contributed by atoms with Crippen LogP contribution in [0.5, 0.6) is 0 Å². The van der Waals surface area contributed by atoms with Crippen LogP contribution in [0.1, 0.15) is 11.1 Å². The van der Waals surface area contributed by atoms with E-state index < -0.39 is 0 Å². The fraction of sp³-hybridized carbons (Fsp3) is 0. The number of hydrogen-bond acceptors (Lipinski definition) is 6. The third kappa shape index (κ3) is 5.24. The minimum Gasteiger partial charge on any atom is -0.456 e. The highest BCUT2D eigenvalue weighted by molar-refractivity contribution is 6.53. The lowest BCUT2D eigenvalue weighted by atomic mass is 9.89. The predicted octanol–water partition coefficient (Wildman–Crippen LogP) is 11.7. The van der Waals surface area contributed by atoms with Gasteiger partial charge in [-0.3, -0.25) is 10.8 Å². The molecule has 0 aliphatic heterocycles. The molecule has 0 bridgehead atoms. The van der Waals surface area contributed by atoms with Crippen LogP contribution in [0.25, 0.3) is 95.2 Å². The van der Waals surface area contributed by atoms with Crippen molar-refractivity contribution in [1.82, 2.24) is 15.0 Å². The molecule has 0 saturated carbocycles. The van der Waals surface area contributed by atoms with Crippen molar-refractivity contribution in [2.24, 2.45) is 0 Å². The summed E-state index contributed by atoms with van der Waals surface area (Å²) in [7, 11) is 0. The van der Waals surface area contributed by atoms with E-state index in [0.717, 1.165) is 82.8 Å². The van der Waals surface area contributed by atoms with Gasteiger partial charge in [0.15, 0.2) is 17.5 Å². The second-order valence-electron chi connectivity index (χ2n) is 13.2. The van der Waals surface area contributed by atoms with Crippen LogP contribution < -0.4 is 0 Å². The Labute approximate surface area is 304 Å². The number of aromatic nitrogens is 3. The number of hydrogen-bond donors (Lipinski definition) is 2. The van der Waals surface area contributed by atoms with E-state index in [-0.39, 0.29) is 11.4 Å². The van der Waals surface area contributed by atoms with Crippen molar-refractivity contribution in [3.05, 3.63) is 169 Å². The van der Waals surface area contributed by atoms with Gasteiger partial charge in [-0.25, -0.2) is 15.0 Å². The van der Waals surface area contributed by atoms with E-state index >= 15 is 0 Å². The molecule has 10 rings (SSSR count). The lowest BCUT2D eigenvalue weighted by Crippen LogP contribution is -2.16. The molecule has 0 atom stereocenters. The molecule has 2 aromatic heterocycles. The van der Waals surface area contributed by atoms with Crippen LogP contribution in [0.4, 0.5) is 0 Å². The van der Waals surface area contributed by atoms with Crippen molar-refractivity contribution in [1.29, 1.82) is 10.8 Å². The second kappa shape index (κ2) is 12.2. The lowest BCUT2D eigenvalue weighted by Gasteiger charge is -2.16. The molecule has 0 spiro atoms.